The molecule has 8 heteroatoms. The quantitative estimate of drug-likeness (QED) is 0.532. The first-order valence-electron chi connectivity index (χ1n) is 13.3. The molecule has 1 saturated carbocycles. The third-order valence-corrected chi connectivity index (χ3v) is 7.75. The minimum atomic E-state index is -1.11. The fraction of sp³-hybridized carbons (Fsp3) is 0.500. The molecule has 1 aliphatic heterocycles. The number of nitrogens with one attached hydrogen (secondary N) is 1. The number of hydrogen-bond acceptors (Lipinski definition) is 5. The van der Waals surface area contributed by atoms with Crippen LogP contribution in [0, 0.1) is 5.41 Å². The molecule has 4 rings (SSSR count). The van der Waals surface area contributed by atoms with Gasteiger partial charge in [-0.3, -0.25) is 4.79 Å². The van der Waals surface area contributed by atoms with Crippen LogP contribution in [0.5, 0.6) is 0 Å². The zero-order chi connectivity index (χ0) is 27.5. The van der Waals surface area contributed by atoms with E-state index >= 15 is 0 Å². The zero-order valence-corrected chi connectivity index (χ0v) is 22.6. The number of rotatable bonds is 7. The number of benzene rings is 2. The van der Waals surface area contributed by atoms with Crippen LogP contribution in [0.1, 0.15) is 58.4 Å². The average Bonchev–Trinajstić information content (AvgIpc) is 3.56. The van der Waals surface area contributed by atoms with E-state index in [-0.39, 0.29) is 19.1 Å². The molecular weight excluding hydrogens is 484 g/mol. The van der Waals surface area contributed by atoms with E-state index in [0.29, 0.717) is 0 Å². The Morgan fingerprint density at radius 3 is 2.16 bits per heavy atom. The van der Waals surface area contributed by atoms with Crippen molar-refractivity contribution in [2.45, 2.75) is 76.7 Å². The van der Waals surface area contributed by atoms with Gasteiger partial charge in [-0.1, -0.05) is 75.4 Å². The maximum atomic E-state index is 13.9. The monoisotopic (exact) mass is 522 g/mol. The predicted octanol–water partition coefficient (Wildman–Crippen LogP) is 4.96. The molecule has 204 valence electrons. The highest BCUT2D eigenvalue weighted by molar-refractivity contribution is 5.90. The fourth-order valence-electron chi connectivity index (χ4n) is 5.52. The van der Waals surface area contributed by atoms with Gasteiger partial charge in [0.25, 0.3) is 0 Å². The Morgan fingerprint density at radius 1 is 1.00 bits per heavy atom. The maximum Gasteiger partial charge on any atom is 0.408 e. The number of carbonyl (C=O) groups is 3. The molecule has 2 aliphatic rings. The number of amides is 2. The van der Waals surface area contributed by atoms with Crippen molar-refractivity contribution in [3.05, 3.63) is 60.2 Å². The number of alkyl carbamates (subject to hydrolysis) is 1. The van der Waals surface area contributed by atoms with E-state index in [1.807, 2.05) is 75.4 Å². The van der Waals surface area contributed by atoms with Gasteiger partial charge in [0.05, 0.1) is 6.54 Å². The molecule has 3 atom stereocenters. The second kappa shape index (κ2) is 11.2. The minimum absolute atomic E-state index is 0.0515. The summed E-state index contributed by atoms with van der Waals surface area (Å²) < 4.78 is 11.5. The zero-order valence-electron chi connectivity index (χ0n) is 22.6. The van der Waals surface area contributed by atoms with E-state index in [0.717, 1.165) is 42.4 Å². The average molecular weight is 523 g/mol. The molecule has 1 heterocycles. The van der Waals surface area contributed by atoms with Gasteiger partial charge in [-0.25, -0.2) is 9.59 Å². The number of methoxy groups -OCH3 is 1. The molecule has 2 fully saturated rings. The van der Waals surface area contributed by atoms with Gasteiger partial charge in [-0.15, -0.1) is 0 Å². The topological polar surface area (TPSA) is 105 Å². The summed E-state index contributed by atoms with van der Waals surface area (Å²) in [4.78, 5) is 40.3. The molecule has 1 saturated heterocycles. The van der Waals surface area contributed by atoms with E-state index in [1.54, 1.807) is 0 Å². The Hall–Kier alpha value is -3.39. The van der Waals surface area contributed by atoms with Gasteiger partial charge in [0.1, 0.15) is 23.8 Å². The fourth-order valence-corrected chi connectivity index (χ4v) is 5.52. The van der Waals surface area contributed by atoms with Crippen LogP contribution in [0.15, 0.2) is 54.6 Å². The van der Waals surface area contributed by atoms with Crippen molar-refractivity contribution in [3.63, 3.8) is 0 Å². The smallest absolute Gasteiger partial charge is 0.408 e. The van der Waals surface area contributed by atoms with Crippen LogP contribution in [0.3, 0.4) is 0 Å². The lowest BCUT2D eigenvalue weighted by Crippen LogP contribution is -2.57. The Bertz CT molecular complexity index is 1140. The first kappa shape index (κ1) is 27.6. The number of hydrogen-bond donors (Lipinski definition) is 2. The molecule has 2 aromatic carbocycles. The minimum Gasteiger partial charge on any atom is -0.480 e. The van der Waals surface area contributed by atoms with Crippen LogP contribution in [0.2, 0.25) is 0 Å². The van der Waals surface area contributed by atoms with Gasteiger partial charge in [-0.05, 0) is 47.8 Å². The lowest BCUT2D eigenvalue weighted by molar-refractivity contribution is -0.150. The Morgan fingerprint density at radius 2 is 1.61 bits per heavy atom. The number of likely N-dealkylation sites (tertiary alicyclic amines) is 1. The number of carboxylic acid groups (broad SMARTS) is 1. The van der Waals surface area contributed by atoms with Crippen molar-refractivity contribution in [2.24, 2.45) is 5.41 Å². The summed E-state index contributed by atoms with van der Waals surface area (Å²) in [5.41, 5.74) is 1.22. The van der Waals surface area contributed by atoms with Gasteiger partial charge in [0.2, 0.25) is 5.91 Å². The number of aliphatic carboxylic acids is 1. The van der Waals surface area contributed by atoms with Gasteiger partial charge in [0, 0.05) is 13.5 Å². The van der Waals surface area contributed by atoms with Crippen molar-refractivity contribution in [2.75, 3.05) is 13.7 Å². The van der Waals surface area contributed by atoms with Crippen molar-refractivity contribution in [1.29, 1.82) is 0 Å². The highest BCUT2D eigenvalue weighted by Gasteiger charge is 2.52. The van der Waals surface area contributed by atoms with E-state index in [1.165, 1.54) is 12.0 Å². The SMILES string of the molecule is CO[C@@]1(c2ccc(-c3ccccc3)cc2)C[C@@H](C(=O)O)N(C(=O)[C@@H](NC(=O)OC2CCCC2)C(C)(C)C)C1. The van der Waals surface area contributed by atoms with Crippen LogP contribution >= 0.6 is 0 Å². The standard InChI is InChI=1S/C30H38N2O6/c1-29(2,3)25(31-28(36)38-23-12-8-9-13-23)26(33)32-19-30(37-4,18-24(32)27(34)35)22-16-14-21(15-17-22)20-10-6-5-7-11-20/h5-7,10-11,14-17,23-25H,8-9,12-13,18-19H2,1-4H3,(H,31,36)(H,34,35)/t24-,25+,30-/m0/s1. The Balaban J connectivity index is 1.58. The van der Waals surface area contributed by atoms with Gasteiger partial charge < -0.3 is 24.8 Å². The Kier molecular flexibility index (Phi) is 8.11. The number of ether oxygens (including phenoxy) is 2. The highest BCUT2D eigenvalue weighted by atomic mass is 16.6. The summed E-state index contributed by atoms with van der Waals surface area (Å²) in [6.07, 6.45) is 2.95. The first-order valence-corrected chi connectivity index (χ1v) is 13.3. The van der Waals surface area contributed by atoms with Gasteiger partial charge in [-0.2, -0.15) is 0 Å². The van der Waals surface area contributed by atoms with Crippen molar-refractivity contribution < 1.29 is 29.0 Å². The predicted molar refractivity (Wildman–Crippen MR) is 143 cm³/mol. The van der Waals surface area contributed by atoms with Crippen molar-refractivity contribution >= 4 is 18.0 Å². The molecule has 2 aromatic rings. The summed E-state index contributed by atoms with van der Waals surface area (Å²) in [5.74, 6) is -1.58. The van der Waals surface area contributed by atoms with Crippen LogP contribution in [-0.2, 0) is 24.7 Å². The molecule has 0 spiro atoms. The number of carbonyl (C=O) groups excluding carboxylic acids is 2. The van der Waals surface area contributed by atoms with Crippen LogP contribution in [0.4, 0.5) is 4.79 Å². The molecule has 0 bridgehead atoms. The summed E-state index contributed by atoms with van der Waals surface area (Å²) in [5, 5.41) is 12.8. The molecule has 0 radical (unpaired) electrons. The molecule has 0 aromatic heterocycles. The lowest BCUT2D eigenvalue weighted by Gasteiger charge is -2.35. The maximum absolute atomic E-state index is 13.9. The number of nitrogens with zero attached hydrogens (tertiary/aromatic N) is 1. The molecular formula is C30H38N2O6. The number of carboxylic acids is 1. The largest absolute Gasteiger partial charge is 0.480 e. The third kappa shape index (κ3) is 5.85. The molecule has 0 unspecified atom stereocenters. The second-order valence-electron chi connectivity index (χ2n) is 11.4. The van der Waals surface area contributed by atoms with Gasteiger partial charge >= 0.3 is 12.1 Å². The molecule has 2 amide bonds. The summed E-state index contributed by atoms with van der Waals surface area (Å²) >= 11 is 0. The van der Waals surface area contributed by atoms with E-state index in [9.17, 15) is 19.5 Å². The lowest BCUT2D eigenvalue weighted by atomic mass is 9.85. The highest BCUT2D eigenvalue weighted by Crippen LogP contribution is 2.41. The first-order chi connectivity index (χ1) is 18.0. The van der Waals surface area contributed by atoms with Crippen molar-refractivity contribution in [1.82, 2.24) is 10.2 Å². The molecule has 1 aliphatic carbocycles. The van der Waals surface area contributed by atoms with E-state index in [4.69, 9.17) is 9.47 Å². The van der Waals surface area contributed by atoms with Crippen LogP contribution < -0.4 is 5.32 Å². The van der Waals surface area contributed by atoms with E-state index < -0.39 is 41.1 Å². The van der Waals surface area contributed by atoms with Crippen LogP contribution in [-0.4, -0.2) is 59.8 Å². The van der Waals surface area contributed by atoms with Crippen molar-refractivity contribution in [3.8, 4) is 11.1 Å². The molecule has 8 nitrogen and oxygen atoms in total. The summed E-state index contributed by atoms with van der Waals surface area (Å²) in [6.45, 7) is 5.56. The van der Waals surface area contributed by atoms with Gasteiger partial charge in [0.15, 0.2) is 0 Å². The van der Waals surface area contributed by atoms with Crippen LogP contribution in [0.25, 0.3) is 11.1 Å². The summed E-state index contributed by atoms with van der Waals surface area (Å²) in [7, 11) is 1.54. The normalized spacial score (nSPS) is 22.7. The third-order valence-electron chi connectivity index (χ3n) is 7.75. The Labute approximate surface area is 224 Å². The molecule has 38 heavy (non-hydrogen) atoms. The molecule has 2 N–H and O–H groups in total. The summed E-state index contributed by atoms with van der Waals surface area (Å²) in [6, 6.07) is 15.7. The second-order valence-corrected chi connectivity index (χ2v) is 11.4. The van der Waals surface area contributed by atoms with E-state index in [2.05, 4.69) is 5.32 Å².